The molecule has 0 aromatic heterocycles. The fourth-order valence-electron chi connectivity index (χ4n) is 4.58. The van der Waals surface area contributed by atoms with E-state index in [1.165, 1.54) is 6.08 Å². The van der Waals surface area contributed by atoms with E-state index in [0.717, 1.165) is 39.6 Å². The molecule has 1 aliphatic heterocycles. The highest BCUT2D eigenvalue weighted by atomic mass is 16.5. The highest BCUT2D eigenvalue weighted by molar-refractivity contribution is 6.39. The van der Waals surface area contributed by atoms with Crippen LogP contribution in [0.1, 0.15) is 36.5 Å². The summed E-state index contributed by atoms with van der Waals surface area (Å²) in [5.74, 6) is -0.320. The Morgan fingerprint density at radius 3 is 2.45 bits per heavy atom. The number of nitrogens with zero attached hydrogens (tertiary/aromatic N) is 1. The molecule has 40 heavy (non-hydrogen) atoms. The number of rotatable bonds is 9. The van der Waals surface area contributed by atoms with Crippen LogP contribution < -0.4 is 19.7 Å². The maximum atomic E-state index is 13.6. The topological polar surface area (TPSA) is 84.9 Å². The zero-order valence-corrected chi connectivity index (χ0v) is 22.5. The molecule has 4 aromatic carbocycles. The number of fused-ring (bicyclic) bond motifs is 1. The summed E-state index contributed by atoms with van der Waals surface area (Å²) in [6.45, 7) is 4.99. The number of ether oxygens (including phenoxy) is 2. The Morgan fingerprint density at radius 1 is 0.875 bits per heavy atom. The van der Waals surface area contributed by atoms with Crippen LogP contribution in [0.2, 0.25) is 0 Å². The molecule has 1 aliphatic rings. The van der Waals surface area contributed by atoms with Crippen LogP contribution in [0.3, 0.4) is 0 Å². The number of benzene rings is 4. The van der Waals surface area contributed by atoms with Crippen molar-refractivity contribution in [2.24, 2.45) is 0 Å². The van der Waals surface area contributed by atoms with Crippen LogP contribution in [0, 0.1) is 6.92 Å². The van der Waals surface area contributed by atoms with Crippen molar-refractivity contribution >= 4 is 40.4 Å². The third kappa shape index (κ3) is 5.73. The fourth-order valence-corrected chi connectivity index (χ4v) is 4.58. The van der Waals surface area contributed by atoms with E-state index >= 15 is 0 Å². The summed E-state index contributed by atoms with van der Waals surface area (Å²) in [5.41, 5.74) is 2.87. The van der Waals surface area contributed by atoms with Gasteiger partial charge in [0.1, 0.15) is 23.7 Å². The average Bonchev–Trinajstić information content (AvgIpc) is 2.95. The number of nitrogens with one attached hydrogen (secondary N) is 1. The van der Waals surface area contributed by atoms with Gasteiger partial charge in [-0.15, -0.1) is 0 Å². The van der Waals surface area contributed by atoms with Gasteiger partial charge in [0, 0.05) is 5.56 Å². The van der Waals surface area contributed by atoms with Crippen LogP contribution >= 0.6 is 0 Å². The molecule has 0 spiro atoms. The third-order valence-corrected chi connectivity index (χ3v) is 6.66. The number of amides is 4. The molecule has 0 unspecified atom stereocenters. The number of anilines is 1. The van der Waals surface area contributed by atoms with Gasteiger partial charge in [-0.25, -0.2) is 9.69 Å². The second kappa shape index (κ2) is 11.9. The predicted octanol–water partition coefficient (Wildman–Crippen LogP) is 6.57. The van der Waals surface area contributed by atoms with E-state index < -0.39 is 17.8 Å². The Bertz CT molecular complexity index is 1610. The van der Waals surface area contributed by atoms with Crippen LogP contribution in [-0.2, 0) is 16.2 Å². The molecular weight excluding hydrogens is 504 g/mol. The van der Waals surface area contributed by atoms with Gasteiger partial charge in [0.25, 0.3) is 11.8 Å². The zero-order valence-electron chi connectivity index (χ0n) is 22.5. The first kappa shape index (κ1) is 26.7. The van der Waals surface area contributed by atoms with Crippen molar-refractivity contribution in [3.8, 4) is 11.5 Å². The fraction of sp³-hybridized carbons (Fsp3) is 0.182. The molecule has 202 valence electrons. The molecule has 7 heteroatoms. The Hall–Kier alpha value is -4.91. The van der Waals surface area contributed by atoms with E-state index in [1.54, 1.807) is 24.3 Å². The highest BCUT2D eigenvalue weighted by Gasteiger charge is 2.37. The van der Waals surface area contributed by atoms with Gasteiger partial charge in [-0.2, -0.15) is 0 Å². The van der Waals surface area contributed by atoms with Gasteiger partial charge in [-0.3, -0.25) is 14.9 Å². The van der Waals surface area contributed by atoms with Gasteiger partial charge in [-0.05, 0) is 66.1 Å². The van der Waals surface area contributed by atoms with Crippen LogP contribution in [0.5, 0.6) is 11.5 Å². The monoisotopic (exact) mass is 534 g/mol. The lowest BCUT2D eigenvalue weighted by Crippen LogP contribution is -2.54. The summed E-state index contributed by atoms with van der Waals surface area (Å²) in [6, 6.07) is 25.3. The SMILES string of the molecule is CCCCOc1ccc(N2C(=O)NC(=O)/C(=C/c3c(OCc4cccc(C)c4)ccc4ccccc34)C2=O)cc1. The number of hydrogen-bond acceptors (Lipinski definition) is 5. The summed E-state index contributed by atoms with van der Waals surface area (Å²) in [7, 11) is 0. The third-order valence-electron chi connectivity index (χ3n) is 6.66. The van der Waals surface area contributed by atoms with Crippen molar-refractivity contribution in [2.45, 2.75) is 33.3 Å². The van der Waals surface area contributed by atoms with Gasteiger partial charge >= 0.3 is 6.03 Å². The van der Waals surface area contributed by atoms with Gasteiger partial charge in [0.15, 0.2) is 0 Å². The van der Waals surface area contributed by atoms with Crippen LogP contribution in [0.25, 0.3) is 16.8 Å². The van der Waals surface area contributed by atoms with E-state index in [4.69, 9.17) is 9.47 Å². The maximum absolute atomic E-state index is 13.6. The van der Waals surface area contributed by atoms with Gasteiger partial charge < -0.3 is 9.47 Å². The number of urea groups is 1. The molecular formula is C33H30N2O5. The number of carbonyl (C=O) groups is 3. The number of unbranched alkanes of at least 4 members (excludes halogenated alkanes) is 1. The van der Waals surface area contributed by atoms with Crippen LogP contribution in [0.15, 0.2) is 90.5 Å². The number of barbiturate groups is 1. The summed E-state index contributed by atoms with van der Waals surface area (Å²) >= 11 is 0. The molecule has 7 nitrogen and oxygen atoms in total. The minimum Gasteiger partial charge on any atom is -0.494 e. The van der Waals surface area contributed by atoms with Crippen molar-refractivity contribution in [2.75, 3.05) is 11.5 Å². The van der Waals surface area contributed by atoms with Crippen molar-refractivity contribution in [1.29, 1.82) is 0 Å². The minimum absolute atomic E-state index is 0.167. The molecule has 0 radical (unpaired) electrons. The summed E-state index contributed by atoms with van der Waals surface area (Å²) < 4.78 is 11.9. The van der Waals surface area contributed by atoms with E-state index in [0.29, 0.717) is 36.0 Å². The van der Waals surface area contributed by atoms with E-state index in [-0.39, 0.29) is 5.57 Å². The lowest BCUT2D eigenvalue weighted by molar-refractivity contribution is -0.122. The normalized spacial score (nSPS) is 14.5. The Kier molecular flexibility index (Phi) is 7.92. The first-order valence-electron chi connectivity index (χ1n) is 13.3. The molecule has 0 bridgehead atoms. The summed E-state index contributed by atoms with van der Waals surface area (Å²) in [4.78, 5) is 40.3. The minimum atomic E-state index is -0.805. The van der Waals surface area contributed by atoms with Crippen LogP contribution in [-0.4, -0.2) is 24.5 Å². The van der Waals surface area contributed by atoms with Gasteiger partial charge in [0.05, 0.1) is 12.3 Å². The molecule has 0 aliphatic carbocycles. The van der Waals surface area contributed by atoms with Crippen molar-refractivity contribution in [3.05, 3.63) is 107 Å². The van der Waals surface area contributed by atoms with Gasteiger partial charge in [-0.1, -0.05) is 73.5 Å². The molecule has 5 rings (SSSR count). The summed E-state index contributed by atoms with van der Waals surface area (Å²) in [5, 5.41) is 4.04. The standard InChI is InChI=1S/C33H30N2O5/c1-3-4-18-39-26-15-13-25(14-16-26)35-32(37)29(31(36)34-33(35)38)20-28-27-11-6-5-10-24(27)12-17-30(28)40-21-23-9-7-8-22(2)19-23/h5-17,19-20H,3-4,18,21H2,1-2H3,(H,34,36,38)/b29-20-. The van der Waals surface area contributed by atoms with Crippen molar-refractivity contribution in [3.63, 3.8) is 0 Å². The second-order valence-electron chi connectivity index (χ2n) is 9.63. The Balaban J connectivity index is 1.49. The van der Waals surface area contributed by atoms with E-state index in [9.17, 15) is 14.4 Å². The predicted molar refractivity (Wildman–Crippen MR) is 155 cm³/mol. The molecule has 1 heterocycles. The second-order valence-corrected chi connectivity index (χ2v) is 9.63. The first-order valence-corrected chi connectivity index (χ1v) is 13.3. The molecule has 0 atom stereocenters. The van der Waals surface area contributed by atoms with Crippen molar-refractivity contribution < 1.29 is 23.9 Å². The molecule has 4 aromatic rings. The maximum Gasteiger partial charge on any atom is 0.335 e. The number of aryl methyl sites for hydroxylation is 1. The molecule has 1 fully saturated rings. The molecule has 4 amide bonds. The average molecular weight is 535 g/mol. The lowest BCUT2D eigenvalue weighted by Gasteiger charge is -2.26. The van der Waals surface area contributed by atoms with E-state index in [2.05, 4.69) is 12.2 Å². The smallest absolute Gasteiger partial charge is 0.335 e. The Morgan fingerprint density at radius 2 is 1.68 bits per heavy atom. The molecule has 1 saturated heterocycles. The highest BCUT2D eigenvalue weighted by Crippen LogP contribution is 2.32. The number of hydrogen-bond donors (Lipinski definition) is 1. The lowest BCUT2D eigenvalue weighted by atomic mass is 9.99. The molecule has 1 N–H and O–H groups in total. The van der Waals surface area contributed by atoms with Gasteiger partial charge in [0.2, 0.25) is 0 Å². The number of imide groups is 2. The van der Waals surface area contributed by atoms with Crippen LogP contribution in [0.4, 0.5) is 10.5 Å². The zero-order chi connectivity index (χ0) is 28.1. The largest absolute Gasteiger partial charge is 0.494 e. The number of carbonyl (C=O) groups excluding carboxylic acids is 3. The summed E-state index contributed by atoms with van der Waals surface area (Å²) in [6.07, 6.45) is 3.45. The van der Waals surface area contributed by atoms with Crippen molar-refractivity contribution in [1.82, 2.24) is 5.32 Å². The molecule has 0 saturated carbocycles. The van der Waals surface area contributed by atoms with E-state index in [1.807, 2.05) is 67.6 Å². The quantitative estimate of drug-likeness (QED) is 0.149. The first-order chi connectivity index (χ1) is 19.4. The Labute approximate surface area is 233 Å².